The summed E-state index contributed by atoms with van der Waals surface area (Å²) in [5.74, 6) is -0.0423. The summed E-state index contributed by atoms with van der Waals surface area (Å²) in [7, 11) is 1.59. The molecule has 2 aromatic carbocycles. The quantitative estimate of drug-likeness (QED) is 0.554. The Morgan fingerprint density at radius 1 is 1.10 bits per heavy atom. The Hall–Kier alpha value is -2.28. The molecule has 0 fully saturated rings. The van der Waals surface area contributed by atoms with Crippen LogP contribution in [0.2, 0.25) is 10.0 Å². The van der Waals surface area contributed by atoms with Crippen molar-refractivity contribution in [3.63, 3.8) is 0 Å². The van der Waals surface area contributed by atoms with E-state index in [0.29, 0.717) is 53.2 Å². The van der Waals surface area contributed by atoms with Crippen molar-refractivity contribution in [3.05, 3.63) is 58.1 Å². The summed E-state index contributed by atoms with van der Waals surface area (Å²) in [6.45, 7) is 3.10. The molecule has 0 aliphatic carbocycles. The number of carbonyl (C=O) groups is 2. The lowest BCUT2D eigenvalue weighted by Gasteiger charge is -2.22. The van der Waals surface area contributed by atoms with Gasteiger partial charge in [-0.25, -0.2) is 0 Å². The zero-order chi connectivity index (χ0) is 21.2. The number of amides is 2. The van der Waals surface area contributed by atoms with Crippen LogP contribution in [0.25, 0.3) is 0 Å². The van der Waals surface area contributed by atoms with Crippen molar-refractivity contribution in [3.8, 4) is 5.75 Å². The van der Waals surface area contributed by atoms with Gasteiger partial charge in [0, 0.05) is 24.2 Å². The predicted octanol–water partition coefficient (Wildman–Crippen LogP) is 4.51. The normalized spacial score (nSPS) is 10.5. The number of hydrogen-bond donors (Lipinski definition) is 1. The number of methoxy groups -OCH3 is 1. The lowest BCUT2D eigenvalue weighted by molar-refractivity contribution is -0.116. The predicted molar refractivity (Wildman–Crippen MR) is 115 cm³/mol. The zero-order valence-corrected chi connectivity index (χ0v) is 17.9. The number of hydrogen-bond acceptors (Lipinski definition) is 4. The second-order valence-electron chi connectivity index (χ2n) is 6.27. The minimum atomic E-state index is -0.358. The molecule has 6 nitrogen and oxygen atoms in total. The molecular weight excluding hydrogens is 415 g/mol. The Balaban J connectivity index is 2.08. The van der Waals surface area contributed by atoms with Crippen LogP contribution in [0.3, 0.4) is 0 Å². The van der Waals surface area contributed by atoms with Crippen LogP contribution in [-0.4, -0.2) is 50.1 Å². The molecular formula is C21H24Cl2N2O4. The van der Waals surface area contributed by atoms with E-state index in [0.717, 1.165) is 0 Å². The molecule has 0 bridgehead atoms. The first-order chi connectivity index (χ1) is 13.9. The summed E-state index contributed by atoms with van der Waals surface area (Å²) in [4.78, 5) is 26.9. The second-order valence-corrected chi connectivity index (χ2v) is 7.11. The maximum atomic E-state index is 12.9. The van der Waals surface area contributed by atoms with Crippen LogP contribution >= 0.6 is 23.2 Å². The van der Waals surface area contributed by atoms with E-state index >= 15 is 0 Å². The lowest BCUT2D eigenvalue weighted by Crippen LogP contribution is -2.38. The van der Waals surface area contributed by atoms with Gasteiger partial charge in [0.1, 0.15) is 18.9 Å². The summed E-state index contributed by atoms with van der Waals surface area (Å²) in [5.41, 5.74) is 0.851. The van der Waals surface area contributed by atoms with E-state index in [2.05, 4.69) is 5.32 Å². The molecule has 0 unspecified atom stereocenters. The standard InChI is InChI=1S/C21H24Cl2N2O4/c1-3-9-25(14-20(26)24-19-13-16(22)7-8-18(19)23)21(27)15-5-4-6-17(12-15)29-11-10-28-2/h4-8,12-13H,3,9-11,14H2,1-2H3,(H,24,26). The van der Waals surface area contributed by atoms with Gasteiger partial charge in [0.15, 0.2) is 0 Å². The van der Waals surface area contributed by atoms with E-state index in [1.165, 1.54) is 4.90 Å². The third kappa shape index (κ3) is 7.24. The van der Waals surface area contributed by atoms with Crippen molar-refractivity contribution < 1.29 is 19.1 Å². The van der Waals surface area contributed by atoms with E-state index < -0.39 is 0 Å². The van der Waals surface area contributed by atoms with E-state index in [1.807, 2.05) is 6.92 Å². The van der Waals surface area contributed by atoms with Gasteiger partial charge in [0.05, 0.1) is 17.3 Å². The Labute approximate surface area is 180 Å². The molecule has 1 N–H and O–H groups in total. The van der Waals surface area contributed by atoms with Crippen molar-refractivity contribution in [2.24, 2.45) is 0 Å². The first kappa shape index (κ1) is 23.0. The van der Waals surface area contributed by atoms with Gasteiger partial charge >= 0.3 is 0 Å². The molecule has 8 heteroatoms. The van der Waals surface area contributed by atoms with Crippen LogP contribution in [-0.2, 0) is 9.53 Å². The fraction of sp³-hybridized carbons (Fsp3) is 0.333. The zero-order valence-electron chi connectivity index (χ0n) is 16.4. The topological polar surface area (TPSA) is 67.9 Å². The van der Waals surface area contributed by atoms with Gasteiger partial charge in [0.2, 0.25) is 5.91 Å². The van der Waals surface area contributed by atoms with Gasteiger partial charge in [-0.2, -0.15) is 0 Å². The SMILES string of the molecule is CCCN(CC(=O)Nc1cc(Cl)ccc1Cl)C(=O)c1cccc(OCCOC)c1. The fourth-order valence-corrected chi connectivity index (χ4v) is 2.96. The average Bonchev–Trinajstić information content (AvgIpc) is 2.70. The van der Waals surface area contributed by atoms with Gasteiger partial charge in [-0.1, -0.05) is 36.2 Å². The summed E-state index contributed by atoms with van der Waals surface area (Å²) in [5, 5.41) is 3.53. The number of ether oxygens (including phenoxy) is 2. The van der Waals surface area contributed by atoms with Gasteiger partial charge < -0.3 is 19.7 Å². The summed E-state index contributed by atoms with van der Waals surface area (Å²) >= 11 is 12.0. The maximum absolute atomic E-state index is 12.9. The van der Waals surface area contributed by atoms with Crippen LogP contribution in [0.1, 0.15) is 23.7 Å². The van der Waals surface area contributed by atoms with Crippen LogP contribution in [0, 0.1) is 0 Å². The molecule has 0 atom stereocenters. The molecule has 0 saturated heterocycles. The molecule has 0 heterocycles. The average molecular weight is 439 g/mol. The van der Waals surface area contributed by atoms with E-state index in [-0.39, 0.29) is 18.4 Å². The molecule has 2 rings (SSSR count). The highest BCUT2D eigenvalue weighted by Gasteiger charge is 2.19. The molecule has 156 valence electrons. The first-order valence-electron chi connectivity index (χ1n) is 9.20. The summed E-state index contributed by atoms with van der Waals surface area (Å²) in [6, 6.07) is 11.7. The van der Waals surface area contributed by atoms with Crippen molar-refractivity contribution >= 4 is 40.7 Å². The van der Waals surface area contributed by atoms with Crippen molar-refractivity contribution in [1.82, 2.24) is 4.90 Å². The Morgan fingerprint density at radius 3 is 2.62 bits per heavy atom. The number of nitrogens with one attached hydrogen (secondary N) is 1. The van der Waals surface area contributed by atoms with Gasteiger partial charge in [0.25, 0.3) is 5.91 Å². The van der Waals surface area contributed by atoms with Gasteiger partial charge in [-0.3, -0.25) is 9.59 Å². The van der Waals surface area contributed by atoms with Crippen LogP contribution < -0.4 is 10.1 Å². The molecule has 2 aromatic rings. The van der Waals surface area contributed by atoms with Gasteiger partial charge in [-0.15, -0.1) is 0 Å². The smallest absolute Gasteiger partial charge is 0.254 e. The van der Waals surface area contributed by atoms with Crippen LogP contribution in [0.4, 0.5) is 5.69 Å². The van der Waals surface area contributed by atoms with Crippen molar-refractivity contribution in [2.45, 2.75) is 13.3 Å². The fourth-order valence-electron chi connectivity index (χ4n) is 2.62. The van der Waals surface area contributed by atoms with E-state index in [9.17, 15) is 9.59 Å². The number of benzene rings is 2. The molecule has 0 radical (unpaired) electrons. The number of anilines is 1. The Kier molecular flexibility index (Phi) is 9.25. The Bertz CT molecular complexity index is 845. The Morgan fingerprint density at radius 2 is 1.90 bits per heavy atom. The van der Waals surface area contributed by atoms with E-state index in [1.54, 1.807) is 49.6 Å². The minimum Gasteiger partial charge on any atom is -0.491 e. The van der Waals surface area contributed by atoms with Gasteiger partial charge in [-0.05, 0) is 42.8 Å². The molecule has 0 spiro atoms. The molecule has 0 aromatic heterocycles. The number of halogens is 2. The number of nitrogens with zero attached hydrogens (tertiary/aromatic N) is 1. The van der Waals surface area contributed by atoms with Crippen molar-refractivity contribution in [2.75, 3.05) is 38.7 Å². The largest absolute Gasteiger partial charge is 0.491 e. The maximum Gasteiger partial charge on any atom is 0.254 e. The minimum absolute atomic E-state index is 0.107. The highest BCUT2D eigenvalue weighted by Crippen LogP contribution is 2.25. The summed E-state index contributed by atoms with van der Waals surface area (Å²) < 4.78 is 10.5. The molecule has 0 saturated carbocycles. The molecule has 2 amide bonds. The molecule has 29 heavy (non-hydrogen) atoms. The summed E-state index contributed by atoms with van der Waals surface area (Å²) in [6.07, 6.45) is 0.709. The lowest BCUT2D eigenvalue weighted by atomic mass is 10.1. The van der Waals surface area contributed by atoms with Crippen LogP contribution in [0.15, 0.2) is 42.5 Å². The highest BCUT2D eigenvalue weighted by molar-refractivity contribution is 6.35. The second kappa shape index (κ2) is 11.7. The van der Waals surface area contributed by atoms with Crippen molar-refractivity contribution in [1.29, 1.82) is 0 Å². The monoisotopic (exact) mass is 438 g/mol. The third-order valence-corrected chi connectivity index (χ3v) is 4.52. The van der Waals surface area contributed by atoms with Crippen LogP contribution in [0.5, 0.6) is 5.75 Å². The first-order valence-corrected chi connectivity index (χ1v) is 9.96. The number of carbonyl (C=O) groups excluding carboxylic acids is 2. The van der Waals surface area contributed by atoms with E-state index in [4.69, 9.17) is 32.7 Å². The molecule has 0 aliphatic rings. The number of rotatable bonds is 10. The third-order valence-electron chi connectivity index (χ3n) is 3.95. The highest BCUT2D eigenvalue weighted by atomic mass is 35.5. The molecule has 0 aliphatic heterocycles.